The third kappa shape index (κ3) is 10.3. The van der Waals surface area contributed by atoms with Gasteiger partial charge in [-0.3, -0.25) is 14.8 Å². The summed E-state index contributed by atoms with van der Waals surface area (Å²) in [6, 6.07) is 16.1. The van der Waals surface area contributed by atoms with Gasteiger partial charge in [0, 0.05) is 30.3 Å². The standard InChI is InChI=1S/C21H19NO.C5H13N3O2/c23-16-20-11-7-18(8-12-20)4-2-1-3-17-5-9-19(10-6-17)15-22-21-13-14-21;1-6-3-4(7-2)5(9)8-10/h1,3,5-12,16,21-22H,13-15H2;4,6-7,10H,3H2,1-2H3,(H,8,9)/b3-1+;. The van der Waals surface area contributed by atoms with Crippen LogP contribution in [0.1, 0.15) is 39.9 Å². The van der Waals surface area contributed by atoms with Crippen molar-refractivity contribution in [1.29, 1.82) is 0 Å². The summed E-state index contributed by atoms with van der Waals surface area (Å²) in [6.07, 6.45) is 7.33. The number of carbonyl (C=O) groups is 2. The number of hydrogen-bond acceptors (Lipinski definition) is 6. The van der Waals surface area contributed by atoms with Crippen molar-refractivity contribution in [3.8, 4) is 11.8 Å². The van der Waals surface area contributed by atoms with Crippen LogP contribution in [0.5, 0.6) is 0 Å². The molecule has 1 atom stereocenters. The summed E-state index contributed by atoms with van der Waals surface area (Å²) in [5, 5.41) is 17.2. The van der Waals surface area contributed by atoms with Crippen LogP contribution in [0.15, 0.2) is 54.6 Å². The molecule has 1 amide bonds. The maximum absolute atomic E-state index is 10.7. The van der Waals surface area contributed by atoms with Gasteiger partial charge in [0.15, 0.2) is 0 Å². The van der Waals surface area contributed by atoms with Gasteiger partial charge < -0.3 is 16.0 Å². The van der Waals surface area contributed by atoms with Gasteiger partial charge in [0.1, 0.15) is 12.3 Å². The van der Waals surface area contributed by atoms with Gasteiger partial charge >= 0.3 is 0 Å². The zero-order valence-corrected chi connectivity index (χ0v) is 19.1. The van der Waals surface area contributed by atoms with Crippen molar-refractivity contribution in [1.82, 2.24) is 21.4 Å². The van der Waals surface area contributed by atoms with Gasteiger partial charge in [0.05, 0.1) is 0 Å². The Balaban J connectivity index is 0.000000328. The minimum Gasteiger partial charge on any atom is -0.318 e. The Hall–Kier alpha value is -3.28. The molecule has 1 aliphatic rings. The van der Waals surface area contributed by atoms with E-state index in [9.17, 15) is 9.59 Å². The molecule has 1 unspecified atom stereocenters. The third-order valence-electron chi connectivity index (χ3n) is 4.96. The van der Waals surface area contributed by atoms with Gasteiger partial charge in [-0.25, -0.2) is 5.48 Å². The number of carbonyl (C=O) groups excluding carboxylic acids is 2. The van der Waals surface area contributed by atoms with Crippen LogP contribution < -0.4 is 21.4 Å². The Morgan fingerprint density at radius 1 is 1.09 bits per heavy atom. The van der Waals surface area contributed by atoms with Crippen molar-refractivity contribution in [3.63, 3.8) is 0 Å². The molecular formula is C26H32N4O3. The predicted molar refractivity (Wildman–Crippen MR) is 131 cm³/mol. The first-order chi connectivity index (χ1) is 16.1. The first-order valence-corrected chi connectivity index (χ1v) is 10.9. The maximum Gasteiger partial charge on any atom is 0.261 e. The first kappa shape index (κ1) is 26.0. The summed E-state index contributed by atoms with van der Waals surface area (Å²) in [7, 11) is 3.38. The predicted octanol–water partition coefficient (Wildman–Crippen LogP) is 2.12. The fourth-order valence-electron chi connectivity index (χ4n) is 2.81. The van der Waals surface area contributed by atoms with Crippen LogP contribution in [-0.2, 0) is 11.3 Å². The molecule has 33 heavy (non-hydrogen) atoms. The molecule has 2 aromatic carbocycles. The number of aldehydes is 1. The van der Waals surface area contributed by atoms with Crippen LogP contribution in [0.25, 0.3) is 6.08 Å². The van der Waals surface area contributed by atoms with E-state index < -0.39 is 5.91 Å². The lowest BCUT2D eigenvalue weighted by molar-refractivity contribution is -0.131. The number of benzene rings is 2. The maximum atomic E-state index is 10.7. The molecule has 5 N–H and O–H groups in total. The number of likely N-dealkylation sites (N-methyl/N-ethyl adjacent to an activating group) is 2. The Morgan fingerprint density at radius 2 is 1.76 bits per heavy atom. The van der Waals surface area contributed by atoms with Crippen molar-refractivity contribution < 1.29 is 14.8 Å². The number of amides is 1. The second-order valence-electron chi connectivity index (χ2n) is 7.61. The molecule has 0 aromatic heterocycles. The number of allylic oxidation sites excluding steroid dienone is 1. The van der Waals surface area contributed by atoms with Crippen molar-refractivity contribution in [3.05, 3.63) is 76.9 Å². The van der Waals surface area contributed by atoms with E-state index in [1.165, 1.54) is 18.4 Å². The van der Waals surface area contributed by atoms with Gasteiger partial charge in [-0.15, -0.1) is 0 Å². The van der Waals surface area contributed by atoms with Crippen molar-refractivity contribution in [2.24, 2.45) is 0 Å². The van der Waals surface area contributed by atoms with Crippen LogP contribution in [0.2, 0.25) is 0 Å². The van der Waals surface area contributed by atoms with Gasteiger partial charge in [-0.05, 0) is 62.3 Å². The van der Waals surface area contributed by atoms with Crippen molar-refractivity contribution in [2.45, 2.75) is 31.5 Å². The second kappa shape index (κ2) is 14.7. The van der Waals surface area contributed by atoms with E-state index in [4.69, 9.17) is 5.21 Å². The van der Waals surface area contributed by atoms with Crippen LogP contribution >= 0.6 is 0 Å². The number of nitrogens with one attached hydrogen (secondary N) is 4. The number of hydroxylamine groups is 1. The molecule has 3 rings (SSSR count). The summed E-state index contributed by atoms with van der Waals surface area (Å²) in [5.41, 5.74) is 5.59. The fourth-order valence-corrected chi connectivity index (χ4v) is 2.81. The minimum atomic E-state index is -0.433. The summed E-state index contributed by atoms with van der Waals surface area (Å²) >= 11 is 0. The van der Waals surface area contributed by atoms with E-state index in [0.29, 0.717) is 12.1 Å². The summed E-state index contributed by atoms with van der Waals surface area (Å²) in [5.74, 6) is 5.64. The largest absolute Gasteiger partial charge is 0.318 e. The van der Waals surface area contributed by atoms with E-state index in [1.807, 2.05) is 24.3 Å². The topological polar surface area (TPSA) is 102 Å². The summed E-state index contributed by atoms with van der Waals surface area (Å²) < 4.78 is 0. The highest BCUT2D eigenvalue weighted by Crippen LogP contribution is 2.19. The second-order valence-corrected chi connectivity index (χ2v) is 7.61. The average molecular weight is 449 g/mol. The van der Waals surface area contributed by atoms with Crippen LogP contribution in [0, 0.1) is 11.8 Å². The van der Waals surface area contributed by atoms with Crippen LogP contribution in [0.4, 0.5) is 0 Å². The average Bonchev–Trinajstić information content (AvgIpc) is 3.69. The highest BCUT2D eigenvalue weighted by atomic mass is 16.5. The summed E-state index contributed by atoms with van der Waals surface area (Å²) in [4.78, 5) is 21.3. The lowest BCUT2D eigenvalue weighted by Crippen LogP contribution is -2.46. The Morgan fingerprint density at radius 3 is 2.30 bits per heavy atom. The highest BCUT2D eigenvalue weighted by Gasteiger charge is 2.19. The SMILES string of the molecule is CNCC(NC)C(=O)NO.O=Cc1ccc(C#C/C=C/c2ccc(CNC3CC3)cc2)cc1. The minimum absolute atomic E-state index is 0.380. The fraction of sp³-hybridized carbons (Fsp3) is 0.308. The Kier molecular flexibility index (Phi) is 11.6. The molecular weight excluding hydrogens is 416 g/mol. The van der Waals surface area contributed by atoms with E-state index in [1.54, 1.807) is 31.7 Å². The molecule has 2 aromatic rings. The third-order valence-corrected chi connectivity index (χ3v) is 4.96. The molecule has 0 spiro atoms. The Bertz CT molecular complexity index is 956. The van der Waals surface area contributed by atoms with Crippen molar-refractivity contribution >= 4 is 18.3 Å². The Labute approximate surface area is 195 Å². The highest BCUT2D eigenvalue weighted by molar-refractivity contribution is 5.80. The van der Waals surface area contributed by atoms with E-state index in [2.05, 4.69) is 52.1 Å². The normalized spacial score (nSPS) is 13.3. The first-order valence-electron chi connectivity index (χ1n) is 10.9. The lowest BCUT2D eigenvalue weighted by atomic mass is 10.1. The van der Waals surface area contributed by atoms with Crippen LogP contribution in [-0.4, -0.2) is 50.1 Å². The monoisotopic (exact) mass is 448 g/mol. The lowest BCUT2D eigenvalue weighted by Gasteiger charge is -2.11. The molecule has 0 saturated heterocycles. The molecule has 7 nitrogen and oxygen atoms in total. The van der Waals surface area contributed by atoms with Crippen molar-refractivity contribution in [2.75, 3.05) is 20.6 Å². The van der Waals surface area contributed by atoms with E-state index in [0.717, 1.165) is 30.0 Å². The van der Waals surface area contributed by atoms with Gasteiger partial charge in [0.25, 0.3) is 5.91 Å². The number of rotatable bonds is 9. The quantitative estimate of drug-likeness (QED) is 0.174. The smallest absolute Gasteiger partial charge is 0.261 e. The zero-order chi connectivity index (χ0) is 23.9. The number of hydrogen-bond donors (Lipinski definition) is 5. The van der Waals surface area contributed by atoms with Crippen LogP contribution in [0.3, 0.4) is 0 Å². The summed E-state index contributed by atoms with van der Waals surface area (Å²) in [6.45, 7) is 1.44. The molecule has 1 fully saturated rings. The molecule has 1 aliphatic carbocycles. The molecule has 0 aliphatic heterocycles. The van der Waals surface area contributed by atoms with Gasteiger partial charge in [0.2, 0.25) is 0 Å². The molecule has 0 heterocycles. The zero-order valence-electron chi connectivity index (χ0n) is 19.1. The molecule has 0 radical (unpaired) electrons. The molecule has 0 bridgehead atoms. The molecule has 1 saturated carbocycles. The van der Waals surface area contributed by atoms with E-state index >= 15 is 0 Å². The van der Waals surface area contributed by atoms with Gasteiger partial charge in [-0.2, -0.15) is 0 Å². The molecule has 7 heteroatoms. The molecule has 174 valence electrons. The van der Waals surface area contributed by atoms with Gasteiger partial charge in [-0.1, -0.05) is 48.2 Å². The van der Waals surface area contributed by atoms with E-state index in [-0.39, 0.29) is 6.04 Å².